The lowest BCUT2D eigenvalue weighted by Crippen LogP contribution is -2.17. The van der Waals surface area contributed by atoms with Gasteiger partial charge in [-0.3, -0.25) is 4.79 Å². The molecule has 2 aromatic carbocycles. The number of amides is 1. The molecule has 0 aromatic heterocycles. The Kier molecular flexibility index (Phi) is 6.11. The van der Waals surface area contributed by atoms with E-state index < -0.39 is 23.5 Å². The van der Waals surface area contributed by atoms with Gasteiger partial charge in [0.15, 0.2) is 0 Å². The van der Waals surface area contributed by atoms with Crippen LogP contribution >= 0.6 is 11.8 Å². The summed E-state index contributed by atoms with van der Waals surface area (Å²) in [6, 6.07) is 8.56. The van der Waals surface area contributed by atoms with E-state index in [4.69, 9.17) is 0 Å². The third kappa shape index (κ3) is 5.22. The van der Waals surface area contributed by atoms with Gasteiger partial charge in [0.05, 0.1) is 11.3 Å². The predicted octanol–water partition coefficient (Wildman–Crippen LogP) is 5.99. The molecule has 0 radical (unpaired) electrons. The van der Waals surface area contributed by atoms with Gasteiger partial charge in [-0.1, -0.05) is 19.9 Å². The van der Waals surface area contributed by atoms with E-state index in [-0.39, 0.29) is 16.5 Å². The molecule has 2 aromatic rings. The molecule has 0 fully saturated rings. The highest BCUT2D eigenvalue weighted by atomic mass is 32.2. The van der Waals surface area contributed by atoms with Crippen LogP contribution in [0.2, 0.25) is 0 Å². The fourth-order valence-corrected chi connectivity index (χ4v) is 3.04. The SMILES string of the molecule is CCC(C)Sc1ccc(NC(=O)c2cccc(F)c2)c(C(F)(F)F)c1. The summed E-state index contributed by atoms with van der Waals surface area (Å²) < 4.78 is 53.2. The maximum Gasteiger partial charge on any atom is 0.418 e. The smallest absolute Gasteiger partial charge is 0.321 e. The number of alkyl halides is 3. The number of benzene rings is 2. The van der Waals surface area contributed by atoms with Gasteiger partial charge in [-0.15, -0.1) is 11.8 Å². The second-order valence-electron chi connectivity index (χ2n) is 5.51. The molecule has 25 heavy (non-hydrogen) atoms. The van der Waals surface area contributed by atoms with Crippen LogP contribution in [0.4, 0.5) is 23.2 Å². The number of hydrogen-bond donors (Lipinski definition) is 1. The van der Waals surface area contributed by atoms with Gasteiger partial charge in [-0.2, -0.15) is 13.2 Å². The molecular formula is C18H17F4NOS. The third-order valence-corrected chi connectivity index (χ3v) is 4.81. The summed E-state index contributed by atoms with van der Waals surface area (Å²) in [5, 5.41) is 2.40. The van der Waals surface area contributed by atoms with Crippen molar-refractivity contribution in [1.29, 1.82) is 0 Å². The molecule has 7 heteroatoms. The van der Waals surface area contributed by atoms with Crippen molar-refractivity contribution in [3.8, 4) is 0 Å². The predicted molar refractivity (Wildman–Crippen MR) is 91.4 cm³/mol. The molecule has 1 unspecified atom stereocenters. The van der Waals surface area contributed by atoms with E-state index in [1.54, 1.807) is 0 Å². The first kappa shape index (κ1) is 19.3. The van der Waals surface area contributed by atoms with Crippen molar-refractivity contribution in [3.63, 3.8) is 0 Å². The lowest BCUT2D eigenvalue weighted by molar-refractivity contribution is -0.137. The molecule has 0 heterocycles. The number of hydrogen-bond acceptors (Lipinski definition) is 2. The van der Waals surface area contributed by atoms with Crippen molar-refractivity contribution >= 4 is 23.4 Å². The molecule has 1 amide bonds. The maximum atomic E-state index is 13.3. The molecule has 0 spiro atoms. The van der Waals surface area contributed by atoms with E-state index in [0.29, 0.717) is 4.90 Å². The molecule has 0 bridgehead atoms. The average Bonchev–Trinajstić information content (AvgIpc) is 2.55. The quantitative estimate of drug-likeness (QED) is 0.517. The number of nitrogens with one attached hydrogen (secondary N) is 1. The van der Waals surface area contributed by atoms with Crippen molar-refractivity contribution in [2.75, 3.05) is 5.32 Å². The minimum absolute atomic E-state index is 0.0498. The number of thioether (sulfide) groups is 1. The summed E-state index contributed by atoms with van der Waals surface area (Å²) in [6.07, 6.45) is -3.79. The van der Waals surface area contributed by atoms with Crippen LogP contribution in [0.15, 0.2) is 47.4 Å². The highest BCUT2D eigenvalue weighted by Gasteiger charge is 2.34. The van der Waals surface area contributed by atoms with Crippen LogP contribution in [0.5, 0.6) is 0 Å². The van der Waals surface area contributed by atoms with E-state index in [9.17, 15) is 22.4 Å². The monoisotopic (exact) mass is 371 g/mol. The van der Waals surface area contributed by atoms with Gasteiger partial charge in [0, 0.05) is 15.7 Å². The minimum atomic E-state index is -4.61. The van der Waals surface area contributed by atoms with E-state index in [0.717, 1.165) is 24.6 Å². The molecule has 2 nitrogen and oxygen atoms in total. The molecular weight excluding hydrogens is 354 g/mol. The molecule has 0 aliphatic rings. The molecule has 2 rings (SSSR count). The fraction of sp³-hybridized carbons (Fsp3) is 0.278. The zero-order valence-corrected chi connectivity index (χ0v) is 14.5. The topological polar surface area (TPSA) is 29.1 Å². The van der Waals surface area contributed by atoms with Gasteiger partial charge in [0.1, 0.15) is 5.82 Å². The zero-order valence-electron chi connectivity index (χ0n) is 13.7. The standard InChI is InChI=1S/C18H17F4NOS/c1-3-11(2)25-14-7-8-16(15(10-14)18(20,21)22)23-17(24)12-5-4-6-13(19)9-12/h4-11H,3H2,1-2H3,(H,23,24). The average molecular weight is 371 g/mol. The molecule has 0 aliphatic carbocycles. The number of carbonyl (C=O) groups is 1. The summed E-state index contributed by atoms with van der Waals surface area (Å²) in [5.41, 5.74) is -1.33. The zero-order chi connectivity index (χ0) is 18.6. The van der Waals surface area contributed by atoms with Crippen LogP contribution in [0.25, 0.3) is 0 Å². The van der Waals surface area contributed by atoms with Crippen molar-refractivity contribution < 1.29 is 22.4 Å². The Morgan fingerprint density at radius 3 is 2.52 bits per heavy atom. The highest BCUT2D eigenvalue weighted by Crippen LogP contribution is 2.38. The maximum absolute atomic E-state index is 13.3. The van der Waals surface area contributed by atoms with E-state index in [1.807, 2.05) is 13.8 Å². The van der Waals surface area contributed by atoms with Crippen molar-refractivity contribution in [2.45, 2.75) is 36.6 Å². The Morgan fingerprint density at radius 1 is 1.20 bits per heavy atom. The molecule has 1 atom stereocenters. The Morgan fingerprint density at radius 2 is 1.92 bits per heavy atom. The number of carbonyl (C=O) groups excluding carboxylic acids is 1. The molecule has 0 saturated carbocycles. The van der Waals surface area contributed by atoms with Crippen molar-refractivity contribution in [2.24, 2.45) is 0 Å². The lowest BCUT2D eigenvalue weighted by atomic mass is 10.1. The first-order chi connectivity index (χ1) is 11.7. The Hall–Kier alpha value is -2.02. The van der Waals surface area contributed by atoms with Gasteiger partial charge in [0.2, 0.25) is 0 Å². The van der Waals surface area contributed by atoms with Crippen LogP contribution in [0.1, 0.15) is 36.2 Å². The Balaban J connectivity index is 2.31. The largest absolute Gasteiger partial charge is 0.418 e. The highest BCUT2D eigenvalue weighted by molar-refractivity contribution is 7.99. The first-order valence-electron chi connectivity index (χ1n) is 7.65. The Labute approximate surface area is 147 Å². The first-order valence-corrected chi connectivity index (χ1v) is 8.53. The van der Waals surface area contributed by atoms with Crippen LogP contribution in [-0.4, -0.2) is 11.2 Å². The molecule has 0 saturated heterocycles. The second kappa shape index (κ2) is 7.91. The van der Waals surface area contributed by atoms with Crippen molar-refractivity contribution in [1.82, 2.24) is 0 Å². The van der Waals surface area contributed by atoms with Crippen LogP contribution in [0.3, 0.4) is 0 Å². The van der Waals surface area contributed by atoms with Gasteiger partial charge in [-0.05, 0) is 42.8 Å². The van der Waals surface area contributed by atoms with Gasteiger partial charge >= 0.3 is 6.18 Å². The third-order valence-electron chi connectivity index (χ3n) is 3.54. The molecule has 1 N–H and O–H groups in total. The summed E-state index contributed by atoms with van der Waals surface area (Å²) >= 11 is 1.34. The lowest BCUT2D eigenvalue weighted by Gasteiger charge is -2.16. The van der Waals surface area contributed by atoms with Gasteiger partial charge < -0.3 is 5.32 Å². The molecule has 0 aliphatic heterocycles. The molecule has 134 valence electrons. The summed E-state index contributed by atoms with van der Waals surface area (Å²) in [7, 11) is 0. The van der Waals surface area contributed by atoms with Crippen LogP contribution in [-0.2, 0) is 6.18 Å². The normalized spacial score (nSPS) is 12.7. The van der Waals surface area contributed by atoms with Crippen LogP contribution in [0, 0.1) is 5.82 Å². The number of halogens is 4. The number of anilines is 1. The summed E-state index contributed by atoms with van der Waals surface area (Å²) in [5.74, 6) is -1.43. The van der Waals surface area contributed by atoms with Gasteiger partial charge in [0.25, 0.3) is 5.91 Å². The van der Waals surface area contributed by atoms with E-state index >= 15 is 0 Å². The van der Waals surface area contributed by atoms with E-state index in [1.165, 1.54) is 36.0 Å². The second-order valence-corrected chi connectivity index (χ2v) is 7.02. The van der Waals surface area contributed by atoms with Crippen molar-refractivity contribution in [3.05, 3.63) is 59.4 Å². The fourth-order valence-electron chi connectivity index (χ4n) is 2.08. The Bertz CT molecular complexity index is 761. The van der Waals surface area contributed by atoms with Gasteiger partial charge in [-0.25, -0.2) is 4.39 Å². The van der Waals surface area contributed by atoms with Crippen LogP contribution < -0.4 is 5.32 Å². The van der Waals surface area contributed by atoms with E-state index in [2.05, 4.69) is 5.32 Å². The summed E-state index contributed by atoms with van der Waals surface area (Å²) in [6.45, 7) is 3.88. The summed E-state index contributed by atoms with van der Waals surface area (Å²) in [4.78, 5) is 12.6. The minimum Gasteiger partial charge on any atom is -0.321 e. The number of rotatable bonds is 5.